The third kappa shape index (κ3) is 2.55. The fourth-order valence-electron chi connectivity index (χ4n) is 3.60. The first-order valence-corrected chi connectivity index (χ1v) is 8.44. The van der Waals surface area contributed by atoms with Crippen LogP contribution in [0.2, 0.25) is 0 Å². The zero-order chi connectivity index (χ0) is 16.5. The standard InChI is InChI=1S/C19H21N3O2/c1-24-18-11-10-13-6-2-3-7-14(13)19(18)15-12-20-22(21-15)16-8-4-5-9-17(16)23/h2-3,6-7,10-12,16-17,23H,4-5,8-9H2,1H3/t16-,17-/m0/s1. The van der Waals surface area contributed by atoms with Crippen molar-refractivity contribution in [1.29, 1.82) is 0 Å². The van der Waals surface area contributed by atoms with Crippen molar-refractivity contribution in [3.63, 3.8) is 0 Å². The van der Waals surface area contributed by atoms with Gasteiger partial charge in [0.1, 0.15) is 11.4 Å². The topological polar surface area (TPSA) is 60.2 Å². The normalized spacial score (nSPS) is 21.1. The molecule has 2 aromatic carbocycles. The number of aromatic nitrogens is 3. The van der Waals surface area contributed by atoms with Crippen LogP contribution in [0.15, 0.2) is 42.6 Å². The third-order valence-electron chi connectivity index (χ3n) is 4.87. The number of fused-ring (bicyclic) bond motifs is 1. The fraction of sp³-hybridized carbons (Fsp3) is 0.368. The van der Waals surface area contributed by atoms with E-state index in [2.05, 4.69) is 22.3 Å². The van der Waals surface area contributed by atoms with Crippen LogP contribution in [-0.4, -0.2) is 33.3 Å². The van der Waals surface area contributed by atoms with Crippen molar-refractivity contribution in [2.75, 3.05) is 7.11 Å². The van der Waals surface area contributed by atoms with Gasteiger partial charge in [0, 0.05) is 0 Å². The number of hydrogen-bond acceptors (Lipinski definition) is 4. The molecule has 1 fully saturated rings. The molecule has 4 rings (SSSR count). The largest absolute Gasteiger partial charge is 0.496 e. The van der Waals surface area contributed by atoms with Crippen molar-refractivity contribution >= 4 is 10.8 Å². The number of ether oxygens (including phenoxy) is 1. The summed E-state index contributed by atoms with van der Waals surface area (Å²) in [5.74, 6) is 0.782. The van der Waals surface area contributed by atoms with Crippen LogP contribution < -0.4 is 4.74 Å². The van der Waals surface area contributed by atoms with E-state index in [0.717, 1.165) is 53.5 Å². The van der Waals surface area contributed by atoms with Crippen molar-refractivity contribution in [2.24, 2.45) is 0 Å². The van der Waals surface area contributed by atoms with E-state index in [1.54, 1.807) is 18.1 Å². The summed E-state index contributed by atoms with van der Waals surface area (Å²) in [6, 6.07) is 12.2. The monoisotopic (exact) mass is 323 g/mol. The highest BCUT2D eigenvalue weighted by Gasteiger charge is 2.27. The zero-order valence-corrected chi connectivity index (χ0v) is 13.7. The van der Waals surface area contributed by atoms with Gasteiger partial charge in [0.25, 0.3) is 0 Å². The van der Waals surface area contributed by atoms with Crippen LogP contribution in [0.5, 0.6) is 5.75 Å². The number of hydrogen-bond donors (Lipinski definition) is 1. The lowest BCUT2D eigenvalue weighted by Gasteiger charge is -2.26. The molecule has 2 atom stereocenters. The molecule has 1 aliphatic carbocycles. The number of aliphatic hydroxyl groups is 1. The Bertz CT molecular complexity index is 859. The summed E-state index contributed by atoms with van der Waals surface area (Å²) in [7, 11) is 1.67. The van der Waals surface area contributed by atoms with Gasteiger partial charge in [-0.15, -0.1) is 0 Å². The molecule has 1 aromatic heterocycles. The minimum atomic E-state index is -0.367. The van der Waals surface area contributed by atoms with E-state index in [9.17, 15) is 5.11 Å². The number of methoxy groups -OCH3 is 1. The maximum atomic E-state index is 10.2. The second kappa shape index (κ2) is 6.24. The van der Waals surface area contributed by atoms with Gasteiger partial charge in [-0.3, -0.25) is 0 Å². The lowest BCUT2D eigenvalue weighted by Crippen LogP contribution is -2.29. The number of rotatable bonds is 3. The molecule has 0 amide bonds. The van der Waals surface area contributed by atoms with Gasteiger partial charge in [-0.05, 0) is 29.7 Å². The van der Waals surface area contributed by atoms with E-state index in [1.165, 1.54) is 0 Å². The summed E-state index contributed by atoms with van der Waals surface area (Å²) in [6.07, 6.45) is 5.32. The molecule has 0 spiro atoms. The van der Waals surface area contributed by atoms with Gasteiger partial charge in [0.05, 0.1) is 31.0 Å². The minimum absolute atomic E-state index is 0.0338. The highest BCUT2D eigenvalue weighted by atomic mass is 16.5. The second-order valence-electron chi connectivity index (χ2n) is 6.33. The molecule has 1 aliphatic rings. The van der Waals surface area contributed by atoms with E-state index in [0.29, 0.717) is 0 Å². The van der Waals surface area contributed by atoms with E-state index in [4.69, 9.17) is 4.74 Å². The van der Waals surface area contributed by atoms with Gasteiger partial charge in [-0.25, -0.2) is 0 Å². The minimum Gasteiger partial charge on any atom is -0.496 e. The van der Waals surface area contributed by atoms with Crippen LogP contribution in [0, 0.1) is 0 Å². The number of nitrogens with zero attached hydrogens (tertiary/aromatic N) is 3. The molecule has 0 unspecified atom stereocenters. The molecular formula is C19H21N3O2. The first-order valence-electron chi connectivity index (χ1n) is 8.44. The summed E-state index contributed by atoms with van der Waals surface area (Å²) in [5.41, 5.74) is 1.73. The average Bonchev–Trinajstić information content (AvgIpc) is 3.10. The quantitative estimate of drug-likeness (QED) is 0.800. The molecule has 0 radical (unpaired) electrons. The molecule has 0 saturated heterocycles. The van der Waals surface area contributed by atoms with Gasteiger partial charge in [-0.1, -0.05) is 43.2 Å². The first-order chi connectivity index (χ1) is 11.8. The lowest BCUT2D eigenvalue weighted by molar-refractivity contribution is 0.0623. The fourth-order valence-corrected chi connectivity index (χ4v) is 3.60. The average molecular weight is 323 g/mol. The molecule has 24 heavy (non-hydrogen) atoms. The maximum Gasteiger partial charge on any atom is 0.129 e. The molecule has 3 aromatic rings. The molecule has 0 aliphatic heterocycles. The van der Waals surface area contributed by atoms with Crippen LogP contribution in [0.3, 0.4) is 0 Å². The number of benzene rings is 2. The van der Waals surface area contributed by atoms with E-state index in [1.807, 2.05) is 24.3 Å². The van der Waals surface area contributed by atoms with Crippen LogP contribution >= 0.6 is 0 Å². The summed E-state index contributed by atoms with van der Waals surface area (Å²) in [5, 5.41) is 21.6. The molecule has 1 N–H and O–H groups in total. The van der Waals surface area contributed by atoms with Crippen molar-refractivity contribution in [1.82, 2.24) is 15.0 Å². The van der Waals surface area contributed by atoms with Gasteiger partial charge in [0.15, 0.2) is 0 Å². The SMILES string of the molecule is COc1ccc2ccccc2c1-c1cnn([C@H]2CCCC[C@@H]2O)n1. The lowest BCUT2D eigenvalue weighted by atomic mass is 9.93. The molecule has 0 bridgehead atoms. The van der Waals surface area contributed by atoms with Gasteiger partial charge >= 0.3 is 0 Å². The summed E-state index contributed by atoms with van der Waals surface area (Å²) in [4.78, 5) is 1.68. The Morgan fingerprint density at radius 2 is 1.96 bits per heavy atom. The molecular weight excluding hydrogens is 302 g/mol. The van der Waals surface area contributed by atoms with E-state index < -0.39 is 0 Å². The Balaban J connectivity index is 1.81. The van der Waals surface area contributed by atoms with E-state index >= 15 is 0 Å². The molecule has 5 heteroatoms. The number of aliphatic hydroxyl groups excluding tert-OH is 1. The molecule has 1 heterocycles. The van der Waals surface area contributed by atoms with Crippen molar-refractivity contribution < 1.29 is 9.84 Å². The first kappa shape index (κ1) is 15.1. The summed E-state index contributed by atoms with van der Waals surface area (Å²) in [6.45, 7) is 0. The summed E-state index contributed by atoms with van der Waals surface area (Å²) >= 11 is 0. The third-order valence-corrected chi connectivity index (χ3v) is 4.87. The Labute approximate surface area is 140 Å². The molecule has 1 saturated carbocycles. The van der Waals surface area contributed by atoms with Gasteiger partial charge < -0.3 is 9.84 Å². The Hall–Kier alpha value is -2.40. The van der Waals surface area contributed by atoms with Crippen LogP contribution in [0.25, 0.3) is 22.0 Å². The highest BCUT2D eigenvalue weighted by Crippen LogP contribution is 2.36. The Kier molecular flexibility index (Phi) is 3.94. The Morgan fingerprint density at radius 3 is 2.79 bits per heavy atom. The Morgan fingerprint density at radius 1 is 1.12 bits per heavy atom. The van der Waals surface area contributed by atoms with Crippen LogP contribution in [-0.2, 0) is 0 Å². The smallest absolute Gasteiger partial charge is 0.129 e. The molecule has 5 nitrogen and oxygen atoms in total. The van der Waals surface area contributed by atoms with Crippen LogP contribution in [0.1, 0.15) is 31.7 Å². The van der Waals surface area contributed by atoms with Crippen molar-refractivity contribution in [3.05, 3.63) is 42.6 Å². The van der Waals surface area contributed by atoms with Crippen molar-refractivity contribution in [2.45, 2.75) is 37.8 Å². The predicted molar refractivity (Wildman–Crippen MR) is 93.0 cm³/mol. The van der Waals surface area contributed by atoms with Crippen molar-refractivity contribution in [3.8, 4) is 17.0 Å². The zero-order valence-electron chi connectivity index (χ0n) is 13.7. The highest BCUT2D eigenvalue weighted by molar-refractivity contribution is 5.98. The predicted octanol–water partition coefficient (Wildman–Crippen LogP) is 3.58. The maximum absolute atomic E-state index is 10.2. The van der Waals surface area contributed by atoms with E-state index in [-0.39, 0.29) is 12.1 Å². The summed E-state index contributed by atoms with van der Waals surface area (Å²) < 4.78 is 5.56. The van der Waals surface area contributed by atoms with Gasteiger partial charge in [0.2, 0.25) is 0 Å². The van der Waals surface area contributed by atoms with Crippen LogP contribution in [0.4, 0.5) is 0 Å². The van der Waals surface area contributed by atoms with Gasteiger partial charge in [-0.2, -0.15) is 15.0 Å². The second-order valence-corrected chi connectivity index (χ2v) is 6.33. The molecule has 124 valence electrons.